The van der Waals surface area contributed by atoms with Crippen molar-refractivity contribution < 1.29 is 22.7 Å². The molecule has 0 bridgehead atoms. The van der Waals surface area contributed by atoms with Crippen LogP contribution >= 0.6 is 0 Å². The summed E-state index contributed by atoms with van der Waals surface area (Å²) in [5.41, 5.74) is -0.552. The fourth-order valence-corrected chi connectivity index (χ4v) is 2.07. The molecule has 4 nitrogen and oxygen atoms in total. The van der Waals surface area contributed by atoms with Crippen LogP contribution < -0.4 is 10.1 Å². The Hall–Kier alpha value is -3.35. The maximum Gasteiger partial charge on any atom is 0.255 e. The Morgan fingerprint density at radius 2 is 1.64 bits per heavy atom. The van der Waals surface area contributed by atoms with Gasteiger partial charge in [0.15, 0.2) is 11.6 Å². The number of ether oxygens (including phenoxy) is 1. The SMILES string of the molecule is O=C(Nc1c(F)cc(F)cc1F)c1ccc(Oc2cccnc2)cc1. The van der Waals surface area contributed by atoms with Crippen molar-refractivity contribution >= 4 is 11.6 Å². The van der Waals surface area contributed by atoms with E-state index in [1.807, 2.05) is 0 Å². The first-order valence-corrected chi connectivity index (χ1v) is 7.17. The summed E-state index contributed by atoms with van der Waals surface area (Å²) in [5.74, 6) is -3.20. The highest BCUT2D eigenvalue weighted by molar-refractivity contribution is 6.04. The number of hydrogen-bond donors (Lipinski definition) is 1. The van der Waals surface area contributed by atoms with E-state index in [0.29, 0.717) is 23.6 Å². The monoisotopic (exact) mass is 344 g/mol. The fourth-order valence-electron chi connectivity index (χ4n) is 2.07. The maximum absolute atomic E-state index is 13.6. The van der Waals surface area contributed by atoms with E-state index in [2.05, 4.69) is 10.3 Å². The lowest BCUT2D eigenvalue weighted by atomic mass is 10.2. The standard InChI is InChI=1S/C18H11F3N2O2/c19-12-8-15(20)17(16(21)9-12)23-18(24)11-3-5-13(6-4-11)25-14-2-1-7-22-10-14/h1-10H,(H,23,24). The molecule has 1 aromatic heterocycles. The van der Waals surface area contributed by atoms with Gasteiger partial charge in [-0.25, -0.2) is 13.2 Å². The van der Waals surface area contributed by atoms with Crippen LogP contribution in [0.2, 0.25) is 0 Å². The van der Waals surface area contributed by atoms with Gasteiger partial charge in [0, 0.05) is 23.9 Å². The summed E-state index contributed by atoms with van der Waals surface area (Å²) in [6, 6.07) is 10.3. The summed E-state index contributed by atoms with van der Waals surface area (Å²) in [6.07, 6.45) is 3.13. The minimum absolute atomic E-state index is 0.154. The number of hydrogen-bond acceptors (Lipinski definition) is 3. The predicted octanol–water partition coefficient (Wildman–Crippen LogP) is 4.54. The minimum Gasteiger partial charge on any atom is -0.456 e. The highest BCUT2D eigenvalue weighted by Gasteiger charge is 2.15. The molecule has 1 heterocycles. The Kier molecular flexibility index (Phi) is 4.65. The Morgan fingerprint density at radius 3 is 2.24 bits per heavy atom. The largest absolute Gasteiger partial charge is 0.456 e. The number of nitrogens with one attached hydrogen (secondary N) is 1. The number of aromatic nitrogens is 1. The molecule has 3 rings (SSSR count). The van der Waals surface area contributed by atoms with Crippen molar-refractivity contribution in [2.75, 3.05) is 5.32 Å². The molecule has 1 N–H and O–H groups in total. The van der Waals surface area contributed by atoms with Crippen molar-refractivity contribution in [1.29, 1.82) is 0 Å². The van der Waals surface area contributed by atoms with Gasteiger partial charge >= 0.3 is 0 Å². The number of anilines is 1. The van der Waals surface area contributed by atoms with Crippen LogP contribution in [0.25, 0.3) is 0 Å². The summed E-state index contributed by atoms with van der Waals surface area (Å²) in [7, 11) is 0. The van der Waals surface area contributed by atoms with Gasteiger partial charge in [0.05, 0.1) is 6.20 Å². The number of rotatable bonds is 4. The number of nitrogens with zero attached hydrogens (tertiary/aromatic N) is 1. The van der Waals surface area contributed by atoms with E-state index in [0.717, 1.165) is 0 Å². The van der Waals surface area contributed by atoms with Crippen LogP contribution in [0.15, 0.2) is 60.9 Å². The normalized spacial score (nSPS) is 10.4. The third-order valence-corrected chi connectivity index (χ3v) is 3.23. The molecule has 1 amide bonds. The Morgan fingerprint density at radius 1 is 0.960 bits per heavy atom. The van der Waals surface area contributed by atoms with Crippen LogP contribution in [0.4, 0.5) is 18.9 Å². The smallest absolute Gasteiger partial charge is 0.255 e. The molecule has 0 unspecified atom stereocenters. The average Bonchev–Trinajstić information content (AvgIpc) is 2.59. The summed E-state index contributed by atoms with van der Waals surface area (Å²) in [5, 5.41) is 2.08. The molecule has 0 spiro atoms. The lowest BCUT2D eigenvalue weighted by molar-refractivity contribution is 0.102. The average molecular weight is 344 g/mol. The number of benzene rings is 2. The van der Waals surface area contributed by atoms with Crippen LogP contribution in [-0.4, -0.2) is 10.9 Å². The first-order chi connectivity index (χ1) is 12.0. The molecule has 25 heavy (non-hydrogen) atoms. The van der Waals surface area contributed by atoms with E-state index in [1.165, 1.54) is 30.5 Å². The van der Waals surface area contributed by atoms with Gasteiger partial charge in [-0.2, -0.15) is 0 Å². The molecule has 0 atom stereocenters. The molecule has 2 aromatic carbocycles. The second-order valence-electron chi connectivity index (χ2n) is 5.01. The number of halogens is 3. The number of carbonyl (C=O) groups excluding carboxylic acids is 1. The molecule has 0 fully saturated rings. The highest BCUT2D eigenvalue weighted by atomic mass is 19.1. The maximum atomic E-state index is 13.6. The van der Waals surface area contributed by atoms with Crippen molar-refractivity contribution in [3.63, 3.8) is 0 Å². The van der Waals surface area contributed by atoms with E-state index in [-0.39, 0.29) is 5.56 Å². The van der Waals surface area contributed by atoms with E-state index < -0.39 is 29.0 Å². The molecule has 0 saturated heterocycles. The molecule has 0 aliphatic rings. The first-order valence-electron chi connectivity index (χ1n) is 7.17. The molecule has 0 aliphatic heterocycles. The zero-order valence-corrected chi connectivity index (χ0v) is 12.7. The summed E-state index contributed by atoms with van der Waals surface area (Å²) in [4.78, 5) is 16.0. The second kappa shape index (κ2) is 7.04. The molecular weight excluding hydrogens is 333 g/mol. The van der Waals surface area contributed by atoms with Crippen LogP contribution in [-0.2, 0) is 0 Å². The lowest BCUT2D eigenvalue weighted by Gasteiger charge is -2.09. The molecule has 0 aliphatic carbocycles. The van der Waals surface area contributed by atoms with Crippen molar-refractivity contribution in [1.82, 2.24) is 4.98 Å². The van der Waals surface area contributed by atoms with Gasteiger partial charge < -0.3 is 10.1 Å². The minimum atomic E-state index is -1.19. The molecule has 0 saturated carbocycles. The Bertz CT molecular complexity index is 877. The molecule has 7 heteroatoms. The number of carbonyl (C=O) groups is 1. The summed E-state index contributed by atoms with van der Waals surface area (Å²) < 4.78 is 45.6. The topological polar surface area (TPSA) is 51.2 Å². The third kappa shape index (κ3) is 3.95. The molecule has 126 valence electrons. The van der Waals surface area contributed by atoms with E-state index in [4.69, 9.17) is 4.74 Å². The molecular formula is C18H11F3N2O2. The van der Waals surface area contributed by atoms with E-state index in [9.17, 15) is 18.0 Å². The van der Waals surface area contributed by atoms with Crippen LogP contribution in [0.5, 0.6) is 11.5 Å². The van der Waals surface area contributed by atoms with Gasteiger partial charge in [0.25, 0.3) is 5.91 Å². The molecule has 0 radical (unpaired) electrons. The zero-order chi connectivity index (χ0) is 17.8. The highest BCUT2D eigenvalue weighted by Crippen LogP contribution is 2.23. The predicted molar refractivity (Wildman–Crippen MR) is 85.0 cm³/mol. The fraction of sp³-hybridized carbons (Fsp3) is 0. The number of amides is 1. The van der Waals surface area contributed by atoms with Crippen LogP contribution in [0.3, 0.4) is 0 Å². The van der Waals surface area contributed by atoms with E-state index >= 15 is 0 Å². The second-order valence-corrected chi connectivity index (χ2v) is 5.01. The van der Waals surface area contributed by atoms with Crippen molar-refractivity contribution in [3.8, 4) is 11.5 Å². The molecule has 3 aromatic rings. The van der Waals surface area contributed by atoms with Gasteiger partial charge in [-0.05, 0) is 36.4 Å². The van der Waals surface area contributed by atoms with Gasteiger partial charge in [0.2, 0.25) is 0 Å². The van der Waals surface area contributed by atoms with Gasteiger partial charge in [-0.3, -0.25) is 9.78 Å². The van der Waals surface area contributed by atoms with Crippen LogP contribution in [0, 0.1) is 17.5 Å². The Labute approximate surface area is 140 Å². The Balaban J connectivity index is 1.73. The third-order valence-electron chi connectivity index (χ3n) is 3.23. The number of pyridine rings is 1. The van der Waals surface area contributed by atoms with E-state index in [1.54, 1.807) is 18.3 Å². The van der Waals surface area contributed by atoms with Crippen molar-refractivity contribution in [3.05, 3.63) is 83.9 Å². The van der Waals surface area contributed by atoms with Gasteiger partial charge in [0.1, 0.15) is 23.0 Å². The quantitative estimate of drug-likeness (QED) is 0.756. The summed E-state index contributed by atoms with van der Waals surface area (Å²) >= 11 is 0. The summed E-state index contributed by atoms with van der Waals surface area (Å²) in [6.45, 7) is 0. The van der Waals surface area contributed by atoms with Crippen molar-refractivity contribution in [2.24, 2.45) is 0 Å². The van der Waals surface area contributed by atoms with Gasteiger partial charge in [-0.1, -0.05) is 0 Å². The van der Waals surface area contributed by atoms with Gasteiger partial charge in [-0.15, -0.1) is 0 Å². The zero-order valence-electron chi connectivity index (χ0n) is 12.7. The van der Waals surface area contributed by atoms with Crippen LogP contribution in [0.1, 0.15) is 10.4 Å². The van der Waals surface area contributed by atoms with Crippen molar-refractivity contribution in [2.45, 2.75) is 0 Å². The first kappa shape index (κ1) is 16.5. The lowest BCUT2D eigenvalue weighted by Crippen LogP contribution is -2.14.